The molecule has 1 aromatic rings. The predicted molar refractivity (Wildman–Crippen MR) is 56.9 cm³/mol. The van der Waals surface area contributed by atoms with Crippen LogP contribution in [0.2, 0.25) is 0 Å². The van der Waals surface area contributed by atoms with Gasteiger partial charge in [0.1, 0.15) is 0 Å². The van der Waals surface area contributed by atoms with Crippen LogP contribution in [0.5, 0.6) is 0 Å². The van der Waals surface area contributed by atoms with E-state index in [1.807, 2.05) is 0 Å². The standard InChI is InChI=1S/C10H17NOS/c1-2-9(5-6-12)11-8-10-4-3-7-13-10/h3-4,7,9,11-12H,2,5-6,8H2,1H3. The molecule has 0 fully saturated rings. The zero-order chi connectivity index (χ0) is 9.52. The minimum absolute atomic E-state index is 0.274. The number of nitrogens with one attached hydrogen (secondary N) is 1. The molecule has 0 aliphatic rings. The van der Waals surface area contributed by atoms with E-state index in [9.17, 15) is 0 Å². The van der Waals surface area contributed by atoms with Gasteiger partial charge in [0.2, 0.25) is 0 Å². The van der Waals surface area contributed by atoms with Gasteiger partial charge >= 0.3 is 0 Å². The van der Waals surface area contributed by atoms with Crippen LogP contribution in [-0.2, 0) is 6.54 Å². The normalized spacial score (nSPS) is 13.1. The molecule has 3 heteroatoms. The molecule has 1 atom stereocenters. The Balaban J connectivity index is 2.23. The second-order valence-electron chi connectivity index (χ2n) is 3.08. The molecule has 0 radical (unpaired) electrons. The summed E-state index contributed by atoms with van der Waals surface area (Å²) in [5, 5.41) is 14.3. The third-order valence-electron chi connectivity index (χ3n) is 2.12. The van der Waals surface area contributed by atoms with E-state index in [1.54, 1.807) is 11.3 Å². The molecule has 0 spiro atoms. The molecule has 1 rings (SSSR count). The molecule has 0 saturated heterocycles. The van der Waals surface area contributed by atoms with Crippen LogP contribution in [0, 0.1) is 0 Å². The number of hydrogen-bond donors (Lipinski definition) is 2. The van der Waals surface area contributed by atoms with Gasteiger partial charge in [-0.1, -0.05) is 13.0 Å². The van der Waals surface area contributed by atoms with Gasteiger partial charge < -0.3 is 10.4 Å². The lowest BCUT2D eigenvalue weighted by Crippen LogP contribution is -2.28. The van der Waals surface area contributed by atoms with Gasteiger partial charge in [0.25, 0.3) is 0 Å². The van der Waals surface area contributed by atoms with E-state index in [4.69, 9.17) is 5.11 Å². The Morgan fingerprint density at radius 1 is 1.62 bits per heavy atom. The molecule has 0 aromatic carbocycles. The van der Waals surface area contributed by atoms with Gasteiger partial charge in [-0.2, -0.15) is 0 Å². The van der Waals surface area contributed by atoms with E-state index < -0.39 is 0 Å². The third kappa shape index (κ3) is 3.89. The highest BCUT2D eigenvalue weighted by Crippen LogP contribution is 2.08. The molecule has 0 aliphatic carbocycles. The summed E-state index contributed by atoms with van der Waals surface area (Å²) in [5.74, 6) is 0. The van der Waals surface area contributed by atoms with Crippen molar-refractivity contribution >= 4 is 11.3 Å². The van der Waals surface area contributed by atoms with Crippen LogP contribution in [0.4, 0.5) is 0 Å². The van der Waals surface area contributed by atoms with Crippen molar-refractivity contribution in [3.05, 3.63) is 22.4 Å². The lowest BCUT2D eigenvalue weighted by Gasteiger charge is -2.14. The highest BCUT2D eigenvalue weighted by molar-refractivity contribution is 7.09. The molecule has 74 valence electrons. The molecule has 1 aromatic heterocycles. The molecule has 13 heavy (non-hydrogen) atoms. The summed E-state index contributed by atoms with van der Waals surface area (Å²) in [7, 11) is 0. The fourth-order valence-corrected chi connectivity index (χ4v) is 1.92. The van der Waals surface area contributed by atoms with Gasteiger partial charge in [-0.05, 0) is 24.3 Å². The topological polar surface area (TPSA) is 32.3 Å². The number of aliphatic hydroxyl groups excluding tert-OH is 1. The average molecular weight is 199 g/mol. The highest BCUT2D eigenvalue weighted by atomic mass is 32.1. The SMILES string of the molecule is CCC(CCO)NCc1cccs1. The Morgan fingerprint density at radius 2 is 2.46 bits per heavy atom. The van der Waals surface area contributed by atoms with Crippen LogP contribution in [0.25, 0.3) is 0 Å². The third-order valence-corrected chi connectivity index (χ3v) is 2.99. The van der Waals surface area contributed by atoms with Crippen molar-refractivity contribution in [1.82, 2.24) is 5.32 Å². The first-order valence-corrected chi connectivity index (χ1v) is 5.61. The summed E-state index contributed by atoms with van der Waals surface area (Å²) < 4.78 is 0. The average Bonchev–Trinajstić information content (AvgIpc) is 2.64. The number of rotatable bonds is 6. The van der Waals surface area contributed by atoms with Gasteiger partial charge in [0.15, 0.2) is 0 Å². The minimum Gasteiger partial charge on any atom is -0.396 e. The number of hydrogen-bond acceptors (Lipinski definition) is 3. The highest BCUT2D eigenvalue weighted by Gasteiger charge is 2.04. The van der Waals surface area contributed by atoms with Crippen molar-refractivity contribution in [2.75, 3.05) is 6.61 Å². The quantitative estimate of drug-likeness (QED) is 0.734. The fraction of sp³-hybridized carbons (Fsp3) is 0.600. The molecular formula is C10H17NOS. The second kappa shape index (κ2) is 6.13. The second-order valence-corrected chi connectivity index (χ2v) is 4.11. The maximum atomic E-state index is 8.79. The monoisotopic (exact) mass is 199 g/mol. The van der Waals surface area contributed by atoms with Crippen LogP contribution < -0.4 is 5.32 Å². The molecule has 1 unspecified atom stereocenters. The molecule has 1 heterocycles. The lowest BCUT2D eigenvalue weighted by molar-refractivity contribution is 0.262. The van der Waals surface area contributed by atoms with Gasteiger partial charge in [-0.3, -0.25) is 0 Å². The first-order valence-electron chi connectivity index (χ1n) is 4.73. The summed E-state index contributed by atoms with van der Waals surface area (Å²) in [5.41, 5.74) is 0. The molecular weight excluding hydrogens is 182 g/mol. The smallest absolute Gasteiger partial charge is 0.0445 e. The summed E-state index contributed by atoms with van der Waals surface area (Å²) in [6.45, 7) is 3.34. The van der Waals surface area contributed by atoms with Crippen LogP contribution in [0.3, 0.4) is 0 Å². The fourth-order valence-electron chi connectivity index (χ4n) is 1.26. The largest absolute Gasteiger partial charge is 0.396 e. The van der Waals surface area contributed by atoms with E-state index in [-0.39, 0.29) is 6.61 Å². The molecule has 0 aliphatic heterocycles. The van der Waals surface area contributed by atoms with Crippen molar-refractivity contribution in [3.8, 4) is 0 Å². The maximum absolute atomic E-state index is 8.79. The van der Waals surface area contributed by atoms with Gasteiger partial charge in [-0.15, -0.1) is 11.3 Å². The number of aliphatic hydroxyl groups is 1. The number of thiophene rings is 1. The zero-order valence-electron chi connectivity index (χ0n) is 7.99. The Kier molecular flexibility index (Phi) is 5.05. The zero-order valence-corrected chi connectivity index (χ0v) is 8.81. The summed E-state index contributed by atoms with van der Waals surface area (Å²) in [4.78, 5) is 1.36. The first-order chi connectivity index (χ1) is 6.36. The van der Waals surface area contributed by atoms with Crippen molar-refractivity contribution in [2.45, 2.75) is 32.4 Å². The van der Waals surface area contributed by atoms with Crippen molar-refractivity contribution in [2.24, 2.45) is 0 Å². The van der Waals surface area contributed by atoms with Crippen LogP contribution in [-0.4, -0.2) is 17.8 Å². The summed E-state index contributed by atoms with van der Waals surface area (Å²) >= 11 is 1.77. The minimum atomic E-state index is 0.274. The van der Waals surface area contributed by atoms with Crippen LogP contribution in [0.1, 0.15) is 24.6 Å². The Hall–Kier alpha value is -0.380. The Labute approximate surface area is 83.6 Å². The Bertz CT molecular complexity index is 211. The molecule has 0 bridgehead atoms. The summed E-state index contributed by atoms with van der Waals surface area (Å²) in [6.07, 6.45) is 1.92. The van der Waals surface area contributed by atoms with Crippen LogP contribution >= 0.6 is 11.3 Å². The molecule has 0 saturated carbocycles. The van der Waals surface area contributed by atoms with Gasteiger partial charge in [-0.25, -0.2) is 0 Å². The molecule has 0 amide bonds. The van der Waals surface area contributed by atoms with Gasteiger partial charge in [0, 0.05) is 24.1 Å². The maximum Gasteiger partial charge on any atom is 0.0445 e. The van der Waals surface area contributed by atoms with Crippen molar-refractivity contribution in [3.63, 3.8) is 0 Å². The molecule has 2 N–H and O–H groups in total. The molecule has 2 nitrogen and oxygen atoms in total. The van der Waals surface area contributed by atoms with E-state index >= 15 is 0 Å². The summed E-state index contributed by atoms with van der Waals surface area (Å²) in [6, 6.07) is 4.64. The van der Waals surface area contributed by atoms with E-state index in [1.165, 1.54) is 4.88 Å². The van der Waals surface area contributed by atoms with Crippen LogP contribution in [0.15, 0.2) is 17.5 Å². The van der Waals surface area contributed by atoms with Crippen molar-refractivity contribution in [1.29, 1.82) is 0 Å². The van der Waals surface area contributed by atoms with Crippen molar-refractivity contribution < 1.29 is 5.11 Å². The van der Waals surface area contributed by atoms with Gasteiger partial charge in [0.05, 0.1) is 0 Å². The van der Waals surface area contributed by atoms with E-state index in [0.29, 0.717) is 6.04 Å². The first kappa shape index (κ1) is 10.7. The lowest BCUT2D eigenvalue weighted by atomic mass is 10.1. The van der Waals surface area contributed by atoms with E-state index in [2.05, 4.69) is 29.8 Å². The Morgan fingerprint density at radius 3 is 3.00 bits per heavy atom. The predicted octanol–water partition coefficient (Wildman–Crippen LogP) is 2.00. The van der Waals surface area contributed by atoms with E-state index in [0.717, 1.165) is 19.4 Å².